The number of anilines is 2. The van der Waals surface area contributed by atoms with Gasteiger partial charge in [-0.3, -0.25) is 0 Å². The lowest BCUT2D eigenvalue weighted by molar-refractivity contribution is 0.355. The monoisotopic (exact) mass is 292 g/mol. The van der Waals surface area contributed by atoms with Gasteiger partial charge in [-0.2, -0.15) is 4.98 Å². The molecule has 1 heterocycles. The molecule has 0 unspecified atom stereocenters. The van der Waals surface area contributed by atoms with Gasteiger partial charge >= 0.3 is 0 Å². The third-order valence-corrected chi connectivity index (χ3v) is 3.25. The summed E-state index contributed by atoms with van der Waals surface area (Å²) in [5.74, 6) is 2.02. The quantitative estimate of drug-likeness (QED) is 0.816. The summed E-state index contributed by atoms with van der Waals surface area (Å²) in [6, 6.07) is 3.41. The van der Waals surface area contributed by atoms with Gasteiger partial charge in [0.1, 0.15) is 0 Å². The van der Waals surface area contributed by atoms with Crippen molar-refractivity contribution in [2.75, 3.05) is 37.9 Å². The summed E-state index contributed by atoms with van der Waals surface area (Å²) in [6.07, 6.45) is 0. The van der Waals surface area contributed by atoms with Crippen LogP contribution in [0.15, 0.2) is 16.7 Å². The molecule has 0 atom stereocenters. The Bertz CT molecular complexity index is 608. The molecule has 114 valence electrons. The van der Waals surface area contributed by atoms with Gasteiger partial charge in [-0.25, -0.2) is 0 Å². The molecule has 21 heavy (non-hydrogen) atoms. The van der Waals surface area contributed by atoms with E-state index in [1.165, 1.54) is 0 Å². The number of hydrogen-bond acceptors (Lipinski definition) is 7. The van der Waals surface area contributed by atoms with Crippen molar-refractivity contribution in [1.82, 2.24) is 10.1 Å². The van der Waals surface area contributed by atoms with Gasteiger partial charge in [0.25, 0.3) is 11.8 Å². The van der Waals surface area contributed by atoms with Crippen molar-refractivity contribution in [3.05, 3.63) is 12.1 Å². The number of rotatable bonds is 6. The third kappa shape index (κ3) is 2.86. The van der Waals surface area contributed by atoms with Crippen molar-refractivity contribution in [2.24, 2.45) is 0 Å². The highest BCUT2D eigenvalue weighted by Gasteiger charge is 2.18. The van der Waals surface area contributed by atoms with Gasteiger partial charge in [0.2, 0.25) is 0 Å². The van der Waals surface area contributed by atoms with E-state index in [4.69, 9.17) is 19.7 Å². The van der Waals surface area contributed by atoms with Crippen molar-refractivity contribution in [3.8, 4) is 23.0 Å². The van der Waals surface area contributed by atoms with E-state index >= 15 is 0 Å². The minimum Gasteiger partial charge on any atom is -0.493 e. The Labute approximate surface area is 123 Å². The number of nitrogens with two attached hydrogens (primary N) is 1. The maximum absolute atomic E-state index is 6.03. The van der Waals surface area contributed by atoms with Gasteiger partial charge in [-0.15, -0.1) is 0 Å². The molecule has 1 aromatic carbocycles. The van der Waals surface area contributed by atoms with Crippen LogP contribution in [0.25, 0.3) is 11.5 Å². The van der Waals surface area contributed by atoms with E-state index in [1.807, 2.05) is 18.7 Å². The molecule has 0 aliphatic heterocycles. The summed E-state index contributed by atoms with van der Waals surface area (Å²) in [4.78, 5) is 6.38. The summed E-state index contributed by atoms with van der Waals surface area (Å²) in [5, 5.41) is 3.99. The lowest BCUT2D eigenvalue weighted by atomic mass is 10.1. The molecule has 2 N–H and O–H groups in total. The van der Waals surface area contributed by atoms with Gasteiger partial charge in [0.05, 0.1) is 19.8 Å². The van der Waals surface area contributed by atoms with Crippen LogP contribution in [0.1, 0.15) is 13.8 Å². The fraction of sp³-hybridized carbons (Fsp3) is 0.429. The van der Waals surface area contributed by atoms with Crippen LogP contribution in [0.5, 0.6) is 11.5 Å². The first kappa shape index (κ1) is 15.0. The SMILES string of the molecule is CCN(CC)c1noc(-c2cc(OC)c(OC)cc2N)n1. The Balaban J connectivity index is 2.42. The van der Waals surface area contributed by atoms with Crippen LogP contribution in [-0.2, 0) is 0 Å². The van der Waals surface area contributed by atoms with Crippen molar-refractivity contribution in [2.45, 2.75) is 13.8 Å². The van der Waals surface area contributed by atoms with E-state index < -0.39 is 0 Å². The van der Waals surface area contributed by atoms with Gasteiger partial charge in [-0.1, -0.05) is 0 Å². The van der Waals surface area contributed by atoms with Gasteiger partial charge < -0.3 is 24.6 Å². The molecule has 7 nitrogen and oxygen atoms in total. The maximum Gasteiger partial charge on any atom is 0.266 e. The number of benzene rings is 1. The predicted octanol–water partition coefficient (Wildman–Crippen LogP) is 2.18. The zero-order valence-electron chi connectivity index (χ0n) is 12.7. The molecule has 2 rings (SSSR count). The minimum atomic E-state index is 0.357. The molecule has 0 radical (unpaired) electrons. The number of methoxy groups -OCH3 is 2. The largest absolute Gasteiger partial charge is 0.493 e. The molecule has 0 fully saturated rings. The summed E-state index contributed by atoms with van der Waals surface area (Å²) in [6.45, 7) is 5.67. The van der Waals surface area contributed by atoms with E-state index in [2.05, 4.69) is 10.1 Å². The van der Waals surface area contributed by atoms with E-state index in [9.17, 15) is 0 Å². The van der Waals surface area contributed by atoms with Gasteiger partial charge in [0.15, 0.2) is 11.5 Å². The van der Waals surface area contributed by atoms with Crippen molar-refractivity contribution in [3.63, 3.8) is 0 Å². The second-order valence-corrected chi connectivity index (χ2v) is 4.37. The Morgan fingerprint density at radius 2 is 1.76 bits per heavy atom. The molecule has 0 amide bonds. The van der Waals surface area contributed by atoms with Gasteiger partial charge in [0, 0.05) is 24.8 Å². The van der Waals surface area contributed by atoms with E-state index in [-0.39, 0.29) is 0 Å². The highest BCUT2D eigenvalue weighted by molar-refractivity contribution is 5.75. The molecule has 0 spiro atoms. The molecule has 0 bridgehead atoms. The Morgan fingerprint density at radius 1 is 1.14 bits per heavy atom. The minimum absolute atomic E-state index is 0.357. The standard InChI is InChI=1S/C14H20N4O3/c1-5-18(6-2)14-16-13(21-17-14)9-7-11(19-3)12(20-4)8-10(9)15/h7-8H,5-6,15H2,1-4H3. The second-order valence-electron chi connectivity index (χ2n) is 4.37. The molecule has 2 aromatic rings. The predicted molar refractivity (Wildman–Crippen MR) is 80.8 cm³/mol. The molecular formula is C14H20N4O3. The Kier molecular flexibility index (Phi) is 4.52. The molecule has 1 aromatic heterocycles. The smallest absolute Gasteiger partial charge is 0.266 e. The molecule has 0 saturated heterocycles. The lowest BCUT2D eigenvalue weighted by Gasteiger charge is -2.14. The molecule has 0 saturated carbocycles. The average Bonchev–Trinajstić information content (AvgIpc) is 2.97. The van der Waals surface area contributed by atoms with Crippen molar-refractivity contribution >= 4 is 11.6 Å². The number of nitrogen functional groups attached to an aromatic ring is 1. The summed E-state index contributed by atoms with van der Waals surface area (Å²) >= 11 is 0. The van der Waals surface area contributed by atoms with Gasteiger partial charge in [-0.05, 0) is 25.1 Å². The first-order chi connectivity index (χ1) is 10.1. The van der Waals surface area contributed by atoms with Crippen LogP contribution in [-0.4, -0.2) is 37.4 Å². The maximum atomic E-state index is 6.03. The number of ether oxygens (including phenoxy) is 2. The Hall–Kier alpha value is -2.44. The third-order valence-electron chi connectivity index (χ3n) is 3.25. The van der Waals surface area contributed by atoms with Crippen LogP contribution in [0.3, 0.4) is 0 Å². The number of hydrogen-bond donors (Lipinski definition) is 1. The van der Waals surface area contributed by atoms with E-state index in [0.29, 0.717) is 34.6 Å². The van der Waals surface area contributed by atoms with Crippen LogP contribution in [0.4, 0.5) is 11.6 Å². The first-order valence-corrected chi connectivity index (χ1v) is 6.75. The molecule has 0 aliphatic carbocycles. The molecular weight excluding hydrogens is 272 g/mol. The lowest BCUT2D eigenvalue weighted by Crippen LogP contribution is -2.22. The topological polar surface area (TPSA) is 86.6 Å². The second kappa shape index (κ2) is 6.34. The Morgan fingerprint density at radius 3 is 2.33 bits per heavy atom. The number of aromatic nitrogens is 2. The van der Waals surface area contributed by atoms with Crippen molar-refractivity contribution < 1.29 is 14.0 Å². The van der Waals surface area contributed by atoms with Crippen LogP contribution < -0.4 is 20.1 Å². The van der Waals surface area contributed by atoms with Crippen molar-refractivity contribution in [1.29, 1.82) is 0 Å². The highest BCUT2D eigenvalue weighted by atomic mass is 16.5. The first-order valence-electron chi connectivity index (χ1n) is 6.75. The van der Waals surface area contributed by atoms with Crippen LogP contribution >= 0.6 is 0 Å². The fourth-order valence-corrected chi connectivity index (χ4v) is 2.04. The number of nitrogens with zero attached hydrogens (tertiary/aromatic N) is 3. The molecule has 7 heteroatoms. The average molecular weight is 292 g/mol. The van der Waals surface area contributed by atoms with Crippen LogP contribution in [0, 0.1) is 0 Å². The summed E-state index contributed by atoms with van der Waals surface area (Å²) < 4.78 is 15.8. The fourth-order valence-electron chi connectivity index (χ4n) is 2.04. The normalized spacial score (nSPS) is 10.5. The van der Waals surface area contributed by atoms with Crippen LogP contribution in [0.2, 0.25) is 0 Å². The zero-order valence-corrected chi connectivity index (χ0v) is 12.7. The summed E-state index contributed by atoms with van der Waals surface area (Å²) in [7, 11) is 3.12. The zero-order chi connectivity index (χ0) is 15.4. The summed E-state index contributed by atoms with van der Waals surface area (Å²) in [5.41, 5.74) is 7.14. The highest BCUT2D eigenvalue weighted by Crippen LogP contribution is 2.36. The van der Waals surface area contributed by atoms with E-state index in [0.717, 1.165) is 13.1 Å². The van der Waals surface area contributed by atoms with E-state index in [1.54, 1.807) is 26.4 Å². The molecule has 0 aliphatic rings.